The molecule has 0 aliphatic rings. The van der Waals surface area contributed by atoms with E-state index in [9.17, 15) is 9.18 Å². The normalized spacial score (nSPS) is 11.3. The predicted octanol–water partition coefficient (Wildman–Crippen LogP) is 3.01. The summed E-state index contributed by atoms with van der Waals surface area (Å²) in [4.78, 5) is 11.5. The largest absolute Gasteiger partial charge is 0.426 e. The van der Waals surface area contributed by atoms with E-state index in [1.165, 1.54) is 6.07 Å². The molecule has 0 heterocycles. The second-order valence-electron chi connectivity index (χ2n) is 4.44. The second-order valence-corrected chi connectivity index (χ2v) is 4.85. The third-order valence-corrected chi connectivity index (χ3v) is 2.19. The number of benzene rings is 1. The summed E-state index contributed by atoms with van der Waals surface area (Å²) in [6.07, 6.45) is 0. The molecule has 0 fully saturated rings. The van der Waals surface area contributed by atoms with Crippen LogP contribution in [0.1, 0.15) is 20.8 Å². The molecule has 3 nitrogen and oxygen atoms in total. The molecule has 0 aliphatic carbocycles. The molecule has 0 unspecified atom stereocenters. The molecule has 16 heavy (non-hydrogen) atoms. The van der Waals surface area contributed by atoms with Crippen molar-refractivity contribution in [1.29, 1.82) is 0 Å². The van der Waals surface area contributed by atoms with E-state index in [4.69, 9.17) is 22.1 Å². The van der Waals surface area contributed by atoms with E-state index in [2.05, 4.69) is 0 Å². The van der Waals surface area contributed by atoms with Gasteiger partial charge in [0, 0.05) is 12.1 Å². The van der Waals surface area contributed by atoms with Crippen molar-refractivity contribution in [3.05, 3.63) is 23.0 Å². The SMILES string of the molecule is CC(C)(C)C(=O)Oc1cc(F)c(N)c(Cl)c1. The highest BCUT2D eigenvalue weighted by Gasteiger charge is 2.24. The number of carbonyl (C=O) groups is 1. The highest BCUT2D eigenvalue weighted by Crippen LogP contribution is 2.29. The van der Waals surface area contributed by atoms with Crippen LogP contribution in [0.5, 0.6) is 5.75 Å². The lowest BCUT2D eigenvalue weighted by molar-refractivity contribution is -0.143. The summed E-state index contributed by atoms with van der Waals surface area (Å²) in [5.74, 6) is -1.12. The number of nitrogens with two attached hydrogens (primary N) is 1. The van der Waals surface area contributed by atoms with Crippen molar-refractivity contribution in [1.82, 2.24) is 0 Å². The molecule has 0 aliphatic heterocycles. The van der Waals surface area contributed by atoms with Gasteiger partial charge in [0.05, 0.1) is 16.1 Å². The molecule has 88 valence electrons. The van der Waals surface area contributed by atoms with Crippen molar-refractivity contribution in [2.75, 3.05) is 5.73 Å². The fourth-order valence-electron chi connectivity index (χ4n) is 0.880. The van der Waals surface area contributed by atoms with Crippen LogP contribution >= 0.6 is 11.6 Å². The summed E-state index contributed by atoms with van der Waals surface area (Å²) in [5, 5.41) is 0.0247. The number of halogens is 2. The number of anilines is 1. The first kappa shape index (κ1) is 12.8. The van der Waals surface area contributed by atoms with Crippen LogP contribution < -0.4 is 10.5 Å². The maximum absolute atomic E-state index is 13.2. The third kappa shape index (κ3) is 2.85. The standard InChI is InChI=1S/C11H13ClFNO2/c1-11(2,3)10(15)16-6-4-7(12)9(14)8(13)5-6/h4-5H,14H2,1-3H3. The smallest absolute Gasteiger partial charge is 0.316 e. The summed E-state index contributed by atoms with van der Waals surface area (Å²) in [5.41, 5.74) is 4.50. The Labute approximate surface area is 98.3 Å². The van der Waals surface area contributed by atoms with E-state index in [1.54, 1.807) is 20.8 Å². The molecule has 1 rings (SSSR count). The van der Waals surface area contributed by atoms with Crippen molar-refractivity contribution in [2.24, 2.45) is 5.41 Å². The van der Waals surface area contributed by atoms with E-state index in [1.807, 2.05) is 0 Å². The fraction of sp³-hybridized carbons (Fsp3) is 0.364. The quantitative estimate of drug-likeness (QED) is 0.470. The molecule has 0 radical (unpaired) electrons. The van der Waals surface area contributed by atoms with Crippen molar-refractivity contribution in [3.8, 4) is 5.75 Å². The Morgan fingerprint density at radius 2 is 2.00 bits per heavy atom. The van der Waals surface area contributed by atoms with Crippen LogP contribution in [0.15, 0.2) is 12.1 Å². The number of hydrogen-bond acceptors (Lipinski definition) is 3. The highest BCUT2D eigenvalue weighted by atomic mass is 35.5. The van der Waals surface area contributed by atoms with Gasteiger partial charge in [-0.2, -0.15) is 0 Å². The Morgan fingerprint density at radius 1 is 1.44 bits per heavy atom. The summed E-state index contributed by atoms with van der Waals surface area (Å²) >= 11 is 5.66. The summed E-state index contributed by atoms with van der Waals surface area (Å²) in [6, 6.07) is 2.34. The van der Waals surface area contributed by atoms with Crippen LogP contribution in [0.25, 0.3) is 0 Å². The first-order chi connectivity index (χ1) is 7.21. The molecular formula is C11H13ClFNO2. The zero-order valence-electron chi connectivity index (χ0n) is 9.30. The first-order valence-electron chi connectivity index (χ1n) is 4.68. The summed E-state index contributed by atoms with van der Waals surface area (Å²) < 4.78 is 18.2. The Balaban J connectivity index is 2.96. The van der Waals surface area contributed by atoms with Gasteiger partial charge in [0.25, 0.3) is 0 Å². The van der Waals surface area contributed by atoms with Gasteiger partial charge in [0.2, 0.25) is 0 Å². The van der Waals surface area contributed by atoms with Gasteiger partial charge in [-0.25, -0.2) is 4.39 Å². The number of carbonyl (C=O) groups excluding carboxylic acids is 1. The molecule has 0 amide bonds. The molecule has 0 saturated heterocycles. The van der Waals surface area contributed by atoms with Gasteiger partial charge in [-0.15, -0.1) is 0 Å². The van der Waals surface area contributed by atoms with Crippen LogP contribution in [0.2, 0.25) is 5.02 Å². The van der Waals surface area contributed by atoms with Crippen LogP contribution in [0, 0.1) is 11.2 Å². The van der Waals surface area contributed by atoms with Gasteiger partial charge in [-0.1, -0.05) is 11.6 Å². The number of ether oxygens (including phenoxy) is 1. The van der Waals surface area contributed by atoms with Crippen molar-refractivity contribution >= 4 is 23.3 Å². The van der Waals surface area contributed by atoms with E-state index in [0.29, 0.717) is 0 Å². The minimum Gasteiger partial charge on any atom is -0.426 e. The molecule has 0 atom stereocenters. The summed E-state index contributed by atoms with van der Waals surface area (Å²) in [6.45, 7) is 5.10. The van der Waals surface area contributed by atoms with E-state index in [0.717, 1.165) is 6.07 Å². The lowest BCUT2D eigenvalue weighted by Crippen LogP contribution is -2.25. The molecule has 0 aromatic heterocycles. The van der Waals surface area contributed by atoms with Crippen LogP contribution in [0.4, 0.5) is 10.1 Å². The van der Waals surface area contributed by atoms with E-state index < -0.39 is 17.2 Å². The van der Waals surface area contributed by atoms with Gasteiger partial charge < -0.3 is 10.5 Å². The van der Waals surface area contributed by atoms with Crippen LogP contribution in [-0.2, 0) is 4.79 Å². The average molecular weight is 246 g/mol. The topological polar surface area (TPSA) is 52.3 Å². The Hall–Kier alpha value is -1.29. The molecule has 1 aromatic carbocycles. The van der Waals surface area contributed by atoms with Crippen molar-refractivity contribution in [2.45, 2.75) is 20.8 Å². The number of esters is 1. The fourth-order valence-corrected chi connectivity index (χ4v) is 1.08. The summed E-state index contributed by atoms with van der Waals surface area (Å²) in [7, 11) is 0. The molecule has 5 heteroatoms. The minimum absolute atomic E-state index is 0.0247. The van der Waals surface area contributed by atoms with Crippen LogP contribution in [0.3, 0.4) is 0 Å². The first-order valence-corrected chi connectivity index (χ1v) is 5.06. The molecule has 1 aromatic rings. The average Bonchev–Trinajstić information content (AvgIpc) is 2.12. The second kappa shape index (κ2) is 4.29. The zero-order chi connectivity index (χ0) is 12.5. The Morgan fingerprint density at radius 3 is 2.44 bits per heavy atom. The number of nitrogen functional groups attached to an aromatic ring is 1. The molecule has 0 bridgehead atoms. The third-order valence-electron chi connectivity index (χ3n) is 1.88. The minimum atomic E-state index is -0.704. The molecule has 0 spiro atoms. The van der Waals surface area contributed by atoms with Gasteiger partial charge in [0.15, 0.2) is 5.82 Å². The monoisotopic (exact) mass is 245 g/mol. The van der Waals surface area contributed by atoms with Gasteiger partial charge in [-0.05, 0) is 20.8 Å². The zero-order valence-corrected chi connectivity index (χ0v) is 10.1. The van der Waals surface area contributed by atoms with Gasteiger partial charge in [0.1, 0.15) is 5.75 Å². The maximum Gasteiger partial charge on any atom is 0.316 e. The van der Waals surface area contributed by atoms with E-state index >= 15 is 0 Å². The van der Waals surface area contributed by atoms with Crippen molar-refractivity contribution < 1.29 is 13.9 Å². The lowest BCUT2D eigenvalue weighted by atomic mass is 9.97. The number of hydrogen-bond donors (Lipinski definition) is 1. The maximum atomic E-state index is 13.2. The van der Waals surface area contributed by atoms with Crippen LogP contribution in [-0.4, -0.2) is 5.97 Å². The van der Waals surface area contributed by atoms with Gasteiger partial charge in [-0.3, -0.25) is 4.79 Å². The van der Waals surface area contributed by atoms with Gasteiger partial charge >= 0.3 is 5.97 Å². The Kier molecular flexibility index (Phi) is 3.43. The Bertz CT molecular complexity index is 403. The van der Waals surface area contributed by atoms with Crippen molar-refractivity contribution in [3.63, 3.8) is 0 Å². The molecule has 2 N–H and O–H groups in total. The number of rotatable bonds is 1. The molecule has 0 saturated carbocycles. The predicted molar refractivity (Wildman–Crippen MR) is 60.9 cm³/mol. The highest BCUT2D eigenvalue weighted by molar-refractivity contribution is 6.33. The lowest BCUT2D eigenvalue weighted by Gasteiger charge is -2.16. The molecular weight excluding hydrogens is 233 g/mol. The van der Waals surface area contributed by atoms with E-state index in [-0.39, 0.29) is 16.5 Å².